The molecule has 0 aliphatic heterocycles. The van der Waals surface area contributed by atoms with Gasteiger partial charge in [-0.2, -0.15) is 0 Å². The van der Waals surface area contributed by atoms with Crippen molar-refractivity contribution in [3.05, 3.63) is 63.8 Å². The topological polar surface area (TPSA) is 86.0 Å². The summed E-state index contributed by atoms with van der Waals surface area (Å²) in [5.74, 6) is -1.38. The first-order valence-electron chi connectivity index (χ1n) is 8.28. The fourth-order valence-corrected chi connectivity index (χ4v) is 2.67. The molecule has 0 atom stereocenters. The third kappa shape index (κ3) is 3.76. The lowest BCUT2D eigenvalue weighted by Gasteiger charge is -2.12. The number of para-hydroxylation sites is 1. The molecule has 140 valence electrons. The number of halogens is 1. The molecule has 0 radical (unpaired) electrons. The van der Waals surface area contributed by atoms with Gasteiger partial charge >= 0.3 is 5.97 Å². The summed E-state index contributed by atoms with van der Waals surface area (Å²) in [6.45, 7) is 2.88. The van der Waals surface area contributed by atoms with Crippen LogP contribution >= 0.6 is 0 Å². The summed E-state index contributed by atoms with van der Waals surface area (Å²) >= 11 is 0. The zero-order chi connectivity index (χ0) is 19.6. The number of hydrogen-bond acceptors (Lipinski definition) is 5. The van der Waals surface area contributed by atoms with Crippen molar-refractivity contribution in [2.45, 2.75) is 20.3 Å². The SMILES string of the molecule is CCc1cc2c(=O)c(Oc3ccccc3F)c(C)oc2cc1OCC(=O)O. The van der Waals surface area contributed by atoms with E-state index in [1.54, 1.807) is 12.1 Å². The minimum atomic E-state index is -1.11. The molecule has 0 aliphatic carbocycles. The van der Waals surface area contributed by atoms with E-state index in [9.17, 15) is 14.0 Å². The van der Waals surface area contributed by atoms with E-state index in [0.717, 1.165) is 0 Å². The van der Waals surface area contributed by atoms with E-state index in [4.69, 9.17) is 19.0 Å². The molecule has 7 heteroatoms. The van der Waals surface area contributed by atoms with E-state index in [1.807, 2.05) is 6.92 Å². The van der Waals surface area contributed by atoms with Crippen LogP contribution in [0.3, 0.4) is 0 Å². The largest absolute Gasteiger partial charge is 0.481 e. The summed E-state index contributed by atoms with van der Waals surface area (Å²) in [6, 6.07) is 8.82. The number of ether oxygens (including phenoxy) is 2. The number of carbonyl (C=O) groups is 1. The Bertz CT molecular complexity index is 1070. The average molecular weight is 372 g/mol. The van der Waals surface area contributed by atoms with Crippen molar-refractivity contribution in [2.75, 3.05) is 6.61 Å². The highest BCUT2D eigenvalue weighted by Gasteiger charge is 2.18. The fourth-order valence-electron chi connectivity index (χ4n) is 2.67. The number of aliphatic carboxylic acids is 1. The van der Waals surface area contributed by atoms with Gasteiger partial charge in [-0.05, 0) is 37.1 Å². The molecule has 0 bridgehead atoms. The van der Waals surface area contributed by atoms with Gasteiger partial charge in [-0.1, -0.05) is 19.1 Å². The smallest absolute Gasteiger partial charge is 0.341 e. The summed E-state index contributed by atoms with van der Waals surface area (Å²) in [4.78, 5) is 23.6. The molecule has 0 saturated heterocycles. The van der Waals surface area contributed by atoms with Crippen LogP contribution < -0.4 is 14.9 Å². The Kier molecular flexibility index (Phi) is 5.12. The summed E-state index contributed by atoms with van der Waals surface area (Å²) in [7, 11) is 0. The van der Waals surface area contributed by atoms with E-state index in [-0.39, 0.29) is 28.2 Å². The molecule has 6 nitrogen and oxygen atoms in total. The second-order valence-electron chi connectivity index (χ2n) is 5.84. The molecule has 1 heterocycles. The van der Waals surface area contributed by atoms with Crippen molar-refractivity contribution in [3.8, 4) is 17.2 Å². The number of rotatable bonds is 6. The molecule has 0 unspecified atom stereocenters. The number of fused-ring (bicyclic) bond motifs is 1. The molecule has 3 aromatic rings. The van der Waals surface area contributed by atoms with Crippen LogP contribution in [0.2, 0.25) is 0 Å². The first-order valence-corrected chi connectivity index (χ1v) is 8.28. The maximum absolute atomic E-state index is 13.9. The van der Waals surface area contributed by atoms with Gasteiger partial charge in [0.05, 0.1) is 5.39 Å². The molecule has 1 N–H and O–H groups in total. The van der Waals surface area contributed by atoms with Crippen LogP contribution in [0.1, 0.15) is 18.2 Å². The molecule has 0 amide bonds. The first-order chi connectivity index (χ1) is 12.9. The number of carboxylic acid groups (broad SMARTS) is 1. The lowest BCUT2D eigenvalue weighted by atomic mass is 10.1. The second-order valence-corrected chi connectivity index (χ2v) is 5.84. The minimum absolute atomic E-state index is 0.0793. The summed E-state index contributed by atoms with van der Waals surface area (Å²) in [6.07, 6.45) is 0.516. The van der Waals surface area contributed by atoms with Crippen molar-refractivity contribution in [1.82, 2.24) is 0 Å². The molecule has 27 heavy (non-hydrogen) atoms. The van der Waals surface area contributed by atoms with E-state index in [2.05, 4.69) is 0 Å². The van der Waals surface area contributed by atoms with Gasteiger partial charge in [0.2, 0.25) is 11.2 Å². The third-order valence-electron chi connectivity index (χ3n) is 3.98. The molecule has 1 aromatic heterocycles. The third-order valence-corrected chi connectivity index (χ3v) is 3.98. The fraction of sp³-hybridized carbons (Fsp3) is 0.200. The van der Waals surface area contributed by atoms with Gasteiger partial charge in [-0.15, -0.1) is 0 Å². The summed E-state index contributed by atoms with van der Waals surface area (Å²) < 4.78 is 30.3. The molecule has 0 fully saturated rings. The molecule has 0 aliphatic rings. The average Bonchev–Trinajstić information content (AvgIpc) is 2.64. The Labute approximate surface area is 153 Å². The van der Waals surface area contributed by atoms with Gasteiger partial charge in [-0.3, -0.25) is 4.79 Å². The van der Waals surface area contributed by atoms with Gasteiger partial charge in [0, 0.05) is 6.07 Å². The Morgan fingerprint density at radius 2 is 1.96 bits per heavy atom. The van der Waals surface area contributed by atoms with Crippen LogP contribution in [0.15, 0.2) is 45.6 Å². The zero-order valence-electron chi connectivity index (χ0n) is 14.7. The predicted octanol–water partition coefficient (Wildman–Crippen LogP) is 4.06. The van der Waals surface area contributed by atoms with Crippen LogP contribution in [0, 0.1) is 12.7 Å². The standard InChI is InChI=1S/C20H17FO6/c1-3-12-8-13-17(9-16(12)25-10-18(22)23)26-11(2)20(19(13)24)27-15-7-5-4-6-14(15)21/h4-9H,3,10H2,1-2H3,(H,22,23). The number of hydrogen-bond donors (Lipinski definition) is 1. The molecule has 0 saturated carbocycles. The molecule has 0 spiro atoms. The predicted molar refractivity (Wildman–Crippen MR) is 96.2 cm³/mol. The van der Waals surface area contributed by atoms with Gasteiger partial charge in [0.1, 0.15) is 17.1 Å². The number of aryl methyl sites for hydroxylation is 2. The monoisotopic (exact) mass is 372 g/mol. The van der Waals surface area contributed by atoms with Gasteiger partial charge < -0.3 is 19.0 Å². The van der Waals surface area contributed by atoms with Crippen molar-refractivity contribution in [3.63, 3.8) is 0 Å². The van der Waals surface area contributed by atoms with Crippen molar-refractivity contribution in [1.29, 1.82) is 0 Å². The zero-order valence-corrected chi connectivity index (χ0v) is 14.7. The lowest BCUT2D eigenvalue weighted by molar-refractivity contribution is -0.139. The van der Waals surface area contributed by atoms with Crippen LogP contribution in [-0.4, -0.2) is 17.7 Å². The molecule has 3 rings (SSSR count). The highest BCUT2D eigenvalue weighted by molar-refractivity contribution is 5.81. The van der Waals surface area contributed by atoms with E-state index in [1.165, 1.54) is 31.2 Å². The highest BCUT2D eigenvalue weighted by atomic mass is 19.1. The van der Waals surface area contributed by atoms with Crippen LogP contribution in [0.25, 0.3) is 11.0 Å². The van der Waals surface area contributed by atoms with Crippen LogP contribution in [0.4, 0.5) is 4.39 Å². The first kappa shape index (κ1) is 18.4. The van der Waals surface area contributed by atoms with E-state index in [0.29, 0.717) is 17.7 Å². The normalized spacial score (nSPS) is 10.8. The second kappa shape index (κ2) is 7.49. The summed E-state index contributed by atoms with van der Waals surface area (Å²) in [5.41, 5.74) is 0.434. The van der Waals surface area contributed by atoms with E-state index >= 15 is 0 Å². The van der Waals surface area contributed by atoms with Crippen LogP contribution in [0.5, 0.6) is 17.2 Å². The maximum Gasteiger partial charge on any atom is 0.341 e. The number of carboxylic acids is 1. The Balaban J connectivity index is 2.10. The lowest BCUT2D eigenvalue weighted by Crippen LogP contribution is -2.12. The van der Waals surface area contributed by atoms with Crippen molar-refractivity contribution >= 4 is 16.9 Å². The molecular formula is C20H17FO6. The summed E-state index contributed by atoms with van der Waals surface area (Å²) in [5, 5.41) is 9.04. The minimum Gasteiger partial charge on any atom is -0.481 e. The number of benzene rings is 2. The van der Waals surface area contributed by atoms with Gasteiger partial charge in [-0.25, -0.2) is 9.18 Å². The van der Waals surface area contributed by atoms with E-state index < -0.39 is 23.8 Å². The van der Waals surface area contributed by atoms with Crippen molar-refractivity contribution in [2.24, 2.45) is 0 Å². The molecule has 2 aromatic carbocycles. The quantitative estimate of drug-likeness (QED) is 0.702. The van der Waals surface area contributed by atoms with Crippen LogP contribution in [-0.2, 0) is 11.2 Å². The molecular weight excluding hydrogens is 355 g/mol. The highest BCUT2D eigenvalue weighted by Crippen LogP contribution is 2.30. The van der Waals surface area contributed by atoms with Gasteiger partial charge in [0.15, 0.2) is 18.2 Å². The Morgan fingerprint density at radius 1 is 1.22 bits per heavy atom. The maximum atomic E-state index is 13.9. The van der Waals surface area contributed by atoms with Crippen molar-refractivity contribution < 1.29 is 28.2 Å². The Morgan fingerprint density at radius 3 is 2.63 bits per heavy atom. The Hall–Kier alpha value is -3.35. The van der Waals surface area contributed by atoms with Gasteiger partial charge in [0.25, 0.3) is 0 Å².